The van der Waals surface area contributed by atoms with Gasteiger partial charge in [0, 0.05) is 0 Å². The molecule has 2 aliphatic rings. The van der Waals surface area contributed by atoms with E-state index in [4.69, 9.17) is 19.6 Å². The van der Waals surface area contributed by atoms with E-state index >= 15 is 0 Å². The summed E-state index contributed by atoms with van der Waals surface area (Å²) in [4.78, 5) is 17.8. The summed E-state index contributed by atoms with van der Waals surface area (Å²) < 4.78 is 17.1. The van der Waals surface area contributed by atoms with Crippen molar-refractivity contribution in [3.63, 3.8) is 0 Å². The van der Waals surface area contributed by atoms with Crippen molar-refractivity contribution in [2.45, 2.75) is 6.92 Å². The lowest BCUT2D eigenvalue weighted by Crippen LogP contribution is -2.35. The molecular formula is C26H22N4O4S2. The molecular weight excluding hydrogens is 496 g/mol. The van der Waals surface area contributed by atoms with Crippen LogP contribution in [0.3, 0.4) is 0 Å². The highest BCUT2D eigenvalue weighted by atomic mass is 32.2. The number of nitrogens with zero attached hydrogens (tertiary/aromatic N) is 3. The molecule has 1 amide bonds. The Bertz CT molecular complexity index is 1410. The standard InChI is InChI=1S/C26H22N4O4S2/c1-16-5-3-6-18(13-16)33-10-11-34-20-9-8-17(15-21(20)32-2)14-19-23(27)30-26(28-24(19)31)36-25(29-30)22-7-4-12-35-22/h3-9,12-15,27H,10-11H2,1-2H3. The molecule has 3 heterocycles. The molecule has 10 heteroatoms. The molecule has 36 heavy (non-hydrogen) atoms. The average Bonchev–Trinajstić information content (AvgIpc) is 3.55. The number of thioether (sulfide) groups is 1. The van der Waals surface area contributed by atoms with E-state index in [1.807, 2.05) is 48.7 Å². The number of carbonyl (C=O) groups excluding carboxylic acids is 1. The van der Waals surface area contributed by atoms with Crippen LogP contribution in [0.5, 0.6) is 17.2 Å². The van der Waals surface area contributed by atoms with Gasteiger partial charge < -0.3 is 14.2 Å². The Morgan fingerprint density at radius 2 is 1.92 bits per heavy atom. The summed E-state index contributed by atoms with van der Waals surface area (Å²) in [6.07, 6.45) is 1.61. The molecule has 0 unspecified atom stereocenters. The number of benzene rings is 2. The first-order valence-electron chi connectivity index (χ1n) is 11.1. The molecule has 0 fully saturated rings. The maximum atomic E-state index is 12.7. The Labute approximate surface area is 216 Å². The third-order valence-electron chi connectivity index (χ3n) is 5.28. The lowest BCUT2D eigenvalue weighted by molar-refractivity contribution is -0.114. The normalized spacial score (nSPS) is 16.1. The van der Waals surface area contributed by atoms with Crippen LogP contribution in [0.4, 0.5) is 0 Å². The number of carbonyl (C=O) groups is 1. The Kier molecular flexibility index (Phi) is 6.88. The minimum atomic E-state index is -0.478. The van der Waals surface area contributed by atoms with Gasteiger partial charge in [0.1, 0.15) is 24.0 Å². The highest BCUT2D eigenvalue weighted by Crippen LogP contribution is 2.33. The molecule has 0 radical (unpaired) electrons. The van der Waals surface area contributed by atoms with Crippen molar-refractivity contribution in [3.8, 4) is 17.2 Å². The molecule has 0 atom stereocenters. The van der Waals surface area contributed by atoms with Crippen LogP contribution < -0.4 is 14.2 Å². The SMILES string of the molecule is COc1cc(C=C2C(=N)N3N=C(c4cccs4)SC3=NC2=O)ccc1OCCOc1cccc(C)c1. The molecule has 0 saturated heterocycles. The molecule has 0 saturated carbocycles. The van der Waals surface area contributed by atoms with Gasteiger partial charge in [-0.1, -0.05) is 24.3 Å². The van der Waals surface area contributed by atoms with E-state index in [-0.39, 0.29) is 11.4 Å². The van der Waals surface area contributed by atoms with E-state index in [0.29, 0.717) is 35.4 Å². The van der Waals surface area contributed by atoms with Crippen LogP contribution in [0, 0.1) is 12.3 Å². The van der Waals surface area contributed by atoms with Crippen molar-refractivity contribution < 1.29 is 19.0 Å². The quantitative estimate of drug-likeness (QED) is 0.326. The summed E-state index contributed by atoms with van der Waals surface area (Å²) in [5.74, 6) is 1.36. The summed E-state index contributed by atoms with van der Waals surface area (Å²) in [7, 11) is 1.55. The second-order valence-corrected chi connectivity index (χ2v) is 9.73. The van der Waals surface area contributed by atoms with Crippen LogP contribution in [0.2, 0.25) is 0 Å². The Hall–Kier alpha value is -3.89. The zero-order valence-corrected chi connectivity index (χ0v) is 21.2. The predicted octanol–water partition coefficient (Wildman–Crippen LogP) is 5.19. The Balaban J connectivity index is 1.28. The number of hydrogen-bond acceptors (Lipinski definition) is 8. The fourth-order valence-electron chi connectivity index (χ4n) is 3.57. The van der Waals surface area contributed by atoms with Crippen molar-refractivity contribution in [2.75, 3.05) is 20.3 Å². The summed E-state index contributed by atoms with van der Waals surface area (Å²) in [6.45, 7) is 2.73. The van der Waals surface area contributed by atoms with Crippen LogP contribution >= 0.6 is 23.1 Å². The van der Waals surface area contributed by atoms with Crippen LogP contribution in [0.25, 0.3) is 6.08 Å². The summed E-state index contributed by atoms with van der Waals surface area (Å²) >= 11 is 2.83. The fourth-order valence-corrected chi connectivity index (χ4v) is 5.25. The van der Waals surface area contributed by atoms with Crippen molar-refractivity contribution in [1.29, 1.82) is 5.41 Å². The van der Waals surface area contributed by atoms with Gasteiger partial charge in [-0.05, 0) is 71.6 Å². The van der Waals surface area contributed by atoms with E-state index in [9.17, 15) is 4.79 Å². The minimum Gasteiger partial charge on any atom is -0.493 e. The van der Waals surface area contributed by atoms with Crippen molar-refractivity contribution >= 4 is 51.1 Å². The third-order valence-corrected chi connectivity index (χ3v) is 7.23. The first-order chi connectivity index (χ1) is 17.5. The van der Waals surface area contributed by atoms with Gasteiger partial charge in [0.25, 0.3) is 5.91 Å². The maximum absolute atomic E-state index is 12.7. The van der Waals surface area contributed by atoms with Gasteiger partial charge in [-0.15, -0.1) is 11.3 Å². The van der Waals surface area contributed by atoms with Crippen molar-refractivity contribution in [2.24, 2.45) is 10.1 Å². The van der Waals surface area contributed by atoms with E-state index in [2.05, 4.69) is 10.1 Å². The number of nitrogens with one attached hydrogen (secondary N) is 1. The second kappa shape index (κ2) is 10.4. The van der Waals surface area contributed by atoms with E-state index < -0.39 is 5.91 Å². The number of methoxy groups -OCH3 is 1. The van der Waals surface area contributed by atoms with Crippen LogP contribution in [0.1, 0.15) is 16.0 Å². The highest BCUT2D eigenvalue weighted by molar-refractivity contribution is 8.27. The summed E-state index contributed by atoms with van der Waals surface area (Å²) in [5, 5.41) is 17.5. The molecule has 3 aromatic rings. The molecule has 2 aromatic carbocycles. The summed E-state index contributed by atoms with van der Waals surface area (Å²) in [5.41, 5.74) is 1.96. The van der Waals surface area contributed by atoms with E-state index in [1.54, 1.807) is 42.7 Å². The Morgan fingerprint density at radius 1 is 1.06 bits per heavy atom. The predicted molar refractivity (Wildman–Crippen MR) is 144 cm³/mol. The number of ether oxygens (including phenoxy) is 3. The highest BCUT2D eigenvalue weighted by Gasteiger charge is 2.36. The maximum Gasteiger partial charge on any atom is 0.283 e. The van der Waals surface area contributed by atoms with Crippen molar-refractivity contribution in [1.82, 2.24) is 5.01 Å². The summed E-state index contributed by atoms with van der Waals surface area (Å²) in [6, 6.07) is 17.0. The molecule has 8 nitrogen and oxygen atoms in total. The number of fused-ring (bicyclic) bond motifs is 1. The molecule has 1 N–H and O–H groups in total. The zero-order valence-electron chi connectivity index (χ0n) is 19.6. The van der Waals surface area contributed by atoms with Crippen LogP contribution in [0.15, 0.2) is 75.6 Å². The number of hydrogen-bond donors (Lipinski definition) is 1. The number of aliphatic imine (C=N–C) groups is 1. The number of rotatable bonds is 8. The lowest BCUT2D eigenvalue weighted by atomic mass is 10.1. The fraction of sp³-hybridized carbons (Fsp3) is 0.154. The average molecular weight is 519 g/mol. The first-order valence-corrected chi connectivity index (χ1v) is 12.8. The molecule has 182 valence electrons. The number of thiophene rings is 1. The monoisotopic (exact) mass is 518 g/mol. The van der Waals surface area contributed by atoms with Gasteiger partial charge in [-0.2, -0.15) is 15.1 Å². The third kappa shape index (κ3) is 5.05. The molecule has 1 aromatic heterocycles. The first kappa shape index (κ1) is 23.8. The molecule has 2 aliphatic heterocycles. The number of hydrazone groups is 1. The number of aryl methyl sites for hydroxylation is 1. The minimum absolute atomic E-state index is 0.0170. The largest absolute Gasteiger partial charge is 0.493 e. The second-order valence-electron chi connectivity index (χ2n) is 7.83. The van der Waals surface area contributed by atoms with Gasteiger partial charge in [0.2, 0.25) is 5.17 Å². The zero-order chi connectivity index (χ0) is 25.1. The van der Waals surface area contributed by atoms with Gasteiger partial charge in [-0.3, -0.25) is 10.2 Å². The molecule has 0 bridgehead atoms. The van der Waals surface area contributed by atoms with Gasteiger partial charge in [-0.25, -0.2) is 0 Å². The van der Waals surface area contributed by atoms with Crippen LogP contribution in [-0.2, 0) is 4.79 Å². The van der Waals surface area contributed by atoms with E-state index in [0.717, 1.165) is 21.2 Å². The van der Waals surface area contributed by atoms with Gasteiger partial charge in [0.05, 0.1) is 17.6 Å². The topological polar surface area (TPSA) is 96.6 Å². The van der Waals surface area contributed by atoms with Gasteiger partial charge in [0.15, 0.2) is 17.3 Å². The number of amides is 1. The van der Waals surface area contributed by atoms with Crippen molar-refractivity contribution in [3.05, 3.63) is 81.6 Å². The van der Waals surface area contributed by atoms with Crippen LogP contribution in [-0.4, -0.2) is 47.3 Å². The molecule has 0 aliphatic carbocycles. The number of amidine groups is 2. The van der Waals surface area contributed by atoms with Gasteiger partial charge >= 0.3 is 0 Å². The Morgan fingerprint density at radius 3 is 2.69 bits per heavy atom. The smallest absolute Gasteiger partial charge is 0.283 e. The molecule has 0 spiro atoms. The lowest BCUT2D eigenvalue weighted by Gasteiger charge is -2.20. The molecule has 5 rings (SSSR count). The van der Waals surface area contributed by atoms with E-state index in [1.165, 1.54) is 16.8 Å².